The van der Waals surface area contributed by atoms with Crippen molar-refractivity contribution in [3.8, 4) is 5.75 Å². The SMILES string of the molecule is Cc1ccc([N+](=O)[O-])cc1NC(=O)CSc1nnc(COc2ccc(Cl)cc2)o1. The molecule has 3 rings (SSSR count). The number of anilines is 1. The van der Waals surface area contributed by atoms with Crippen molar-refractivity contribution in [2.45, 2.75) is 18.8 Å². The number of thioether (sulfide) groups is 1. The van der Waals surface area contributed by atoms with E-state index in [0.29, 0.717) is 22.0 Å². The number of nitro benzene ring substituents is 1. The summed E-state index contributed by atoms with van der Waals surface area (Å²) in [5.41, 5.74) is 1.00. The van der Waals surface area contributed by atoms with Crippen LogP contribution in [0.5, 0.6) is 5.75 Å². The van der Waals surface area contributed by atoms with Gasteiger partial charge in [-0.2, -0.15) is 0 Å². The van der Waals surface area contributed by atoms with Crippen molar-refractivity contribution in [3.05, 3.63) is 69.1 Å². The molecule has 0 radical (unpaired) electrons. The monoisotopic (exact) mass is 434 g/mol. The van der Waals surface area contributed by atoms with Gasteiger partial charge < -0.3 is 14.5 Å². The highest BCUT2D eigenvalue weighted by Crippen LogP contribution is 2.23. The molecule has 0 aliphatic carbocycles. The minimum atomic E-state index is -0.518. The van der Waals surface area contributed by atoms with E-state index < -0.39 is 4.92 Å². The summed E-state index contributed by atoms with van der Waals surface area (Å²) in [5, 5.41) is 22.0. The van der Waals surface area contributed by atoms with E-state index in [1.54, 1.807) is 37.3 Å². The molecule has 150 valence electrons. The van der Waals surface area contributed by atoms with Crippen LogP contribution in [0.1, 0.15) is 11.5 Å². The van der Waals surface area contributed by atoms with Crippen molar-refractivity contribution in [2.24, 2.45) is 0 Å². The Hall–Kier alpha value is -3.11. The average Bonchev–Trinajstić information content (AvgIpc) is 3.15. The maximum Gasteiger partial charge on any atom is 0.277 e. The number of rotatable bonds is 8. The van der Waals surface area contributed by atoms with Crippen molar-refractivity contribution in [2.75, 3.05) is 11.1 Å². The second-order valence-electron chi connectivity index (χ2n) is 5.80. The number of amides is 1. The summed E-state index contributed by atoms with van der Waals surface area (Å²) in [7, 11) is 0. The molecular formula is C18H15ClN4O5S. The molecule has 11 heteroatoms. The number of carbonyl (C=O) groups excluding carboxylic acids is 1. The Kier molecular flexibility index (Phi) is 6.68. The van der Waals surface area contributed by atoms with Crippen molar-refractivity contribution in [1.29, 1.82) is 0 Å². The standard InChI is InChI=1S/C18H15ClN4O5S/c1-11-2-5-13(23(25)26)8-15(11)20-16(24)10-29-18-22-21-17(28-18)9-27-14-6-3-12(19)4-7-14/h2-8H,9-10H2,1H3,(H,20,24). The summed E-state index contributed by atoms with van der Waals surface area (Å²) in [5.74, 6) is 0.517. The number of nitrogens with zero attached hydrogens (tertiary/aromatic N) is 3. The Morgan fingerprint density at radius 1 is 1.28 bits per heavy atom. The van der Waals surface area contributed by atoms with E-state index in [4.69, 9.17) is 20.8 Å². The van der Waals surface area contributed by atoms with Gasteiger partial charge >= 0.3 is 0 Å². The fourth-order valence-electron chi connectivity index (χ4n) is 2.20. The van der Waals surface area contributed by atoms with Gasteiger partial charge in [-0.05, 0) is 36.8 Å². The maximum absolute atomic E-state index is 12.1. The number of nitro groups is 1. The van der Waals surface area contributed by atoms with Crippen LogP contribution in [0.2, 0.25) is 5.02 Å². The van der Waals surface area contributed by atoms with Gasteiger partial charge in [0.2, 0.25) is 5.91 Å². The summed E-state index contributed by atoms with van der Waals surface area (Å²) < 4.78 is 10.9. The van der Waals surface area contributed by atoms with Crippen molar-refractivity contribution < 1.29 is 18.9 Å². The normalized spacial score (nSPS) is 10.6. The number of nitrogens with one attached hydrogen (secondary N) is 1. The predicted octanol–water partition coefficient (Wildman–Crippen LogP) is 4.25. The summed E-state index contributed by atoms with van der Waals surface area (Å²) in [4.78, 5) is 22.5. The number of non-ortho nitro benzene ring substituents is 1. The lowest BCUT2D eigenvalue weighted by Gasteiger charge is -2.07. The largest absolute Gasteiger partial charge is 0.484 e. The molecule has 1 heterocycles. The first-order chi connectivity index (χ1) is 13.9. The second kappa shape index (κ2) is 9.39. The molecule has 29 heavy (non-hydrogen) atoms. The van der Waals surface area contributed by atoms with Crippen molar-refractivity contribution in [1.82, 2.24) is 10.2 Å². The lowest BCUT2D eigenvalue weighted by Crippen LogP contribution is -2.15. The van der Waals surface area contributed by atoms with E-state index >= 15 is 0 Å². The van der Waals surface area contributed by atoms with Gasteiger partial charge in [0.05, 0.1) is 16.4 Å². The van der Waals surface area contributed by atoms with Gasteiger partial charge in [-0.25, -0.2) is 0 Å². The molecule has 0 spiro atoms. The van der Waals surface area contributed by atoms with Crippen molar-refractivity contribution >= 4 is 40.6 Å². The molecule has 0 saturated carbocycles. The third-order valence-electron chi connectivity index (χ3n) is 3.66. The van der Waals surface area contributed by atoms with Crippen LogP contribution in [0.15, 0.2) is 52.1 Å². The molecule has 1 N–H and O–H groups in total. The van der Waals surface area contributed by atoms with Crippen LogP contribution in [-0.4, -0.2) is 26.8 Å². The van der Waals surface area contributed by atoms with Gasteiger partial charge in [-0.1, -0.05) is 29.4 Å². The van der Waals surface area contributed by atoms with Crippen LogP contribution < -0.4 is 10.1 Å². The fraction of sp³-hybridized carbons (Fsp3) is 0.167. The first-order valence-electron chi connectivity index (χ1n) is 8.29. The summed E-state index contributed by atoms with van der Waals surface area (Å²) >= 11 is 6.86. The summed E-state index contributed by atoms with van der Waals surface area (Å²) in [6.45, 7) is 1.83. The lowest BCUT2D eigenvalue weighted by atomic mass is 10.2. The smallest absolute Gasteiger partial charge is 0.277 e. The van der Waals surface area contributed by atoms with Crippen LogP contribution in [0.25, 0.3) is 0 Å². The van der Waals surface area contributed by atoms with Crippen LogP contribution >= 0.6 is 23.4 Å². The van der Waals surface area contributed by atoms with Crippen molar-refractivity contribution in [3.63, 3.8) is 0 Å². The number of aromatic nitrogens is 2. The van der Waals surface area contributed by atoms with Crippen LogP contribution in [0.3, 0.4) is 0 Å². The highest BCUT2D eigenvalue weighted by atomic mass is 35.5. The minimum absolute atomic E-state index is 0.00179. The molecule has 0 aliphatic rings. The summed E-state index contributed by atoms with van der Waals surface area (Å²) in [6, 6.07) is 11.1. The molecule has 2 aromatic carbocycles. The van der Waals surface area contributed by atoms with E-state index in [2.05, 4.69) is 15.5 Å². The third kappa shape index (κ3) is 5.93. The Bertz CT molecular complexity index is 1030. The average molecular weight is 435 g/mol. The minimum Gasteiger partial charge on any atom is -0.484 e. The van der Waals surface area contributed by atoms with Gasteiger partial charge in [0, 0.05) is 17.2 Å². The number of halogens is 1. The molecule has 1 amide bonds. The Labute approximate surface area is 174 Å². The molecular weight excluding hydrogens is 420 g/mol. The fourth-order valence-corrected chi connectivity index (χ4v) is 2.91. The zero-order chi connectivity index (χ0) is 20.8. The quantitative estimate of drug-likeness (QED) is 0.317. The number of benzene rings is 2. The third-order valence-corrected chi connectivity index (χ3v) is 4.73. The molecule has 1 aromatic heterocycles. The number of hydrogen-bond acceptors (Lipinski definition) is 8. The van der Waals surface area contributed by atoms with Crippen LogP contribution in [0.4, 0.5) is 11.4 Å². The molecule has 3 aromatic rings. The predicted molar refractivity (Wildman–Crippen MR) is 107 cm³/mol. The second-order valence-corrected chi connectivity index (χ2v) is 7.16. The Morgan fingerprint density at radius 2 is 2.03 bits per heavy atom. The van der Waals surface area contributed by atoms with Crippen LogP contribution in [-0.2, 0) is 11.4 Å². The summed E-state index contributed by atoms with van der Waals surface area (Å²) in [6.07, 6.45) is 0. The van der Waals surface area contributed by atoms with Gasteiger partial charge in [0.1, 0.15) is 5.75 Å². The molecule has 0 fully saturated rings. The molecule has 0 bridgehead atoms. The highest BCUT2D eigenvalue weighted by molar-refractivity contribution is 7.99. The molecule has 0 atom stereocenters. The van der Waals surface area contributed by atoms with Gasteiger partial charge in [0.25, 0.3) is 16.8 Å². The number of ether oxygens (including phenoxy) is 1. The topological polar surface area (TPSA) is 120 Å². The maximum atomic E-state index is 12.1. The number of aryl methyl sites for hydroxylation is 1. The number of carbonyl (C=O) groups is 1. The zero-order valence-corrected chi connectivity index (χ0v) is 16.7. The number of hydrogen-bond donors (Lipinski definition) is 1. The van der Waals surface area contributed by atoms with Gasteiger partial charge in [0.15, 0.2) is 6.61 Å². The van der Waals surface area contributed by atoms with Gasteiger partial charge in [-0.15, -0.1) is 10.2 Å². The molecule has 9 nitrogen and oxygen atoms in total. The first kappa shape index (κ1) is 20.6. The Morgan fingerprint density at radius 3 is 2.76 bits per heavy atom. The van der Waals surface area contributed by atoms with E-state index in [0.717, 1.165) is 11.8 Å². The Balaban J connectivity index is 1.50. The van der Waals surface area contributed by atoms with E-state index in [1.807, 2.05) is 0 Å². The molecule has 0 aliphatic heterocycles. The van der Waals surface area contributed by atoms with Gasteiger partial charge in [-0.3, -0.25) is 14.9 Å². The van der Waals surface area contributed by atoms with E-state index in [9.17, 15) is 14.9 Å². The van der Waals surface area contributed by atoms with E-state index in [-0.39, 0.29) is 35.1 Å². The highest BCUT2D eigenvalue weighted by Gasteiger charge is 2.13. The molecule has 0 saturated heterocycles. The van der Waals surface area contributed by atoms with E-state index in [1.165, 1.54) is 12.1 Å². The zero-order valence-electron chi connectivity index (χ0n) is 15.1. The first-order valence-corrected chi connectivity index (χ1v) is 9.65. The van der Waals surface area contributed by atoms with Crippen LogP contribution in [0, 0.1) is 17.0 Å². The lowest BCUT2D eigenvalue weighted by molar-refractivity contribution is -0.384. The molecule has 0 unspecified atom stereocenters.